The van der Waals surface area contributed by atoms with Gasteiger partial charge in [-0.2, -0.15) is 0 Å². The van der Waals surface area contributed by atoms with Crippen LogP contribution in [0.2, 0.25) is 5.02 Å². The zero-order valence-corrected chi connectivity index (χ0v) is 19.4. The molecule has 0 fully saturated rings. The second-order valence-corrected chi connectivity index (χ2v) is 10.2. The minimum atomic E-state index is -3.25. The number of hydrogen-bond acceptors (Lipinski definition) is 6. The molecule has 0 saturated heterocycles. The SMILES string of the molecule is CC(=O)N(c1nc(COc2ccc(S(C)(=O)=O)cc2)cs1)c1c(C)cc(C)cc1Cl. The largest absolute Gasteiger partial charge is 0.487 e. The Bertz CT molecular complexity index is 1160. The summed E-state index contributed by atoms with van der Waals surface area (Å²) in [7, 11) is -3.25. The quantitative estimate of drug-likeness (QED) is 0.508. The van der Waals surface area contributed by atoms with E-state index >= 15 is 0 Å². The smallest absolute Gasteiger partial charge is 0.230 e. The van der Waals surface area contributed by atoms with Crippen LogP contribution >= 0.6 is 22.9 Å². The first-order valence-electron chi connectivity index (χ1n) is 9.01. The van der Waals surface area contributed by atoms with E-state index in [1.54, 1.807) is 12.1 Å². The summed E-state index contributed by atoms with van der Waals surface area (Å²) in [6.45, 7) is 5.50. The second-order valence-electron chi connectivity index (χ2n) is 6.92. The topological polar surface area (TPSA) is 76.6 Å². The molecule has 30 heavy (non-hydrogen) atoms. The van der Waals surface area contributed by atoms with Gasteiger partial charge in [-0.1, -0.05) is 17.7 Å². The number of carbonyl (C=O) groups is 1. The van der Waals surface area contributed by atoms with Crippen molar-refractivity contribution in [3.05, 3.63) is 63.6 Å². The Morgan fingerprint density at radius 3 is 2.43 bits per heavy atom. The zero-order chi connectivity index (χ0) is 22.1. The van der Waals surface area contributed by atoms with Gasteiger partial charge in [-0.15, -0.1) is 11.3 Å². The average Bonchev–Trinajstić information content (AvgIpc) is 3.10. The van der Waals surface area contributed by atoms with Crippen LogP contribution < -0.4 is 9.64 Å². The number of rotatable bonds is 6. The van der Waals surface area contributed by atoms with Crippen LogP contribution in [0.15, 0.2) is 46.7 Å². The Balaban J connectivity index is 1.80. The van der Waals surface area contributed by atoms with Gasteiger partial charge in [0.2, 0.25) is 5.91 Å². The molecule has 0 bridgehead atoms. The number of benzene rings is 2. The molecule has 3 rings (SSSR count). The van der Waals surface area contributed by atoms with E-state index in [2.05, 4.69) is 4.98 Å². The molecule has 6 nitrogen and oxygen atoms in total. The highest BCUT2D eigenvalue weighted by molar-refractivity contribution is 7.90. The van der Waals surface area contributed by atoms with Gasteiger partial charge in [-0.25, -0.2) is 13.4 Å². The fourth-order valence-corrected chi connectivity index (χ4v) is 4.88. The van der Waals surface area contributed by atoms with E-state index in [1.165, 1.54) is 35.3 Å². The first kappa shape index (κ1) is 22.3. The van der Waals surface area contributed by atoms with Gasteiger partial charge in [0.05, 0.1) is 21.3 Å². The number of hydrogen-bond donors (Lipinski definition) is 0. The van der Waals surface area contributed by atoms with Crippen molar-refractivity contribution in [3.63, 3.8) is 0 Å². The van der Waals surface area contributed by atoms with Crippen LogP contribution in [-0.4, -0.2) is 25.6 Å². The number of anilines is 2. The molecule has 2 aromatic carbocycles. The highest BCUT2D eigenvalue weighted by atomic mass is 35.5. The minimum Gasteiger partial charge on any atom is -0.487 e. The average molecular weight is 465 g/mol. The summed E-state index contributed by atoms with van der Waals surface area (Å²) in [4.78, 5) is 18.7. The van der Waals surface area contributed by atoms with E-state index in [4.69, 9.17) is 16.3 Å². The fourth-order valence-electron chi connectivity index (χ4n) is 2.98. The number of sulfone groups is 1. The number of aryl methyl sites for hydroxylation is 2. The number of aromatic nitrogens is 1. The van der Waals surface area contributed by atoms with Gasteiger partial charge in [-0.3, -0.25) is 9.69 Å². The van der Waals surface area contributed by atoms with Crippen molar-refractivity contribution in [2.45, 2.75) is 32.3 Å². The van der Waals surface area contributed by atoms with E-state index in [0.717, 1.165) is 17.4 Å². The Labute approximate surface area is 185 Å². The first-order chi connectivity index (χ1) is 14.1. The molecule has 0 spiro atoms. The molecule has 158 valence electrons. The maximum atomic E-state index is 12.4. The highest BCUT2D eigenvalue weighted by Crippen LogP contribution is 2.37. The predicted molar refractivity (Wildman–Crippen MR) is 120 cm³/mol. The molecule has 0 aliphatic carbocycles. The van der Waals surface area contributed by atoms with Crippen LogP contribution in [0.4, 0.5) is 10.8 Å². The van der Waals surface area contributed by atoms with E-state index < -0.39 is 9.84 Å². The number of nitrogens with zero attached hydrogens (tertiary/aromatic N) is 2. The van der Waals surface area contributed by atoms with Crippen molar-refractivity contribution in [1.29, 1.82) is 0 Å². The lowest BCUT2D eigenvalue weighted by molar-refractivity contribution is -0.115. The van der Waals surface area contributed by atoms with Crippen LogP contribution in [0.3, 0.4) is 0 Å². The van der Waals surface area contributed by atoms with Gasteiger partial charge in [0.15, 0.2) is 15.0 Å². The second kappa shape index (κ2) is 8.75. The van der Waals surface area contributed by atoms with Gasteiger partial charge >= 0.3 is 0 Å². The molecule has 3 aromatic rings. The molecule has 1 heterocycles. The molecule has 0 unspecified atom stereocenters. The fraction of sp³-hybridized carbons (Fsp3) is 0.238. The van der Waals surface area contributed by atoms with E-state index in [1.807, 2.05) is 31.4 Å². The van der Waals surface area contributed by atoms with Crippen LogP contribution in [0.5, 0.6) is 5.75 Å². The minimum absolute atomic E-state index is 0.182. The first-order valence-corrected chi connectivity index (χ1v) is 12.2. The lowest BCUT2D eigenvalue weighted by atomic mass is 10.1. The molecule has 1 amide bonds. The molecular weight excluding hydrogens is 444 g/mol. The number of amides is 1. The summed E-state index contributed by atoms with van der Waals surface area (Å²) < 4.78 is 28.8. The molecule has 9 heteroatoms. The number of carbonyl (C=O) groups excluding carboxylic acids is 1. The highest BCUT2D eigenvalue weighted by Gasteiger charge is 2.22. The Kier molecular flexibility index (Phi) is 6.50. The normalized spacial score (nSPS) is 11.4. The molecule has 1 aromatic heterocycles. The monoisotopic (exact) mass is 464 g/mol. The van der Waals surface area contributed by atoms with Crippen molar-refractivity contribution in [3.8, 4) is 5.75 Å². The molecule has 0 saturated carbocycles. The zero-order valence-electron chi connectivity index (χ0n) is 17.0. The van der Waals surface area contributed by atoms with Gasteiger partial charge < -0.3 is 4.74 Å². The Morgan fingerprint density at radius 1 is 1.20 bits per heavy atom. The summed E-state index contributed by atoms with van der Waals surface area (Å²) in [6, 6.07) is 9.97. The summed E-state index contributed by atoms with van der Waals surface area (Å²) in [5, 5.41) is 2.80. The van der Waals surface area contributed by atoms with Gasteiger partial charge in [0.25, 0.3) is 0 Å². The maximum absolute atomic E-state index is 12.4. The van der Waals surface area contributed by atoms with Crippen LogP contribution in [0.1, 0.15) is 23.7 Å². The summed E-state index contributed by atoms with van der Waals surface area (Å²) in [6.07, 6.45) is 1.16. The molecule has 0 aliphatic heterocycles. The lowest BCUT2D eigenvalue weighted by Gasteiger charge is -2.22. The van der Waals surface area contributed by atoms with Crippen LogP contribution in [0, 0.1) is 13.8 Å². The van der Waals surface area contributed by atoms with Crippen molar-refractivity contribution in [2.75, 3.05) is 11.2 Å². The van der Waals surface area contributed by atoms with Crippen molar-refractivity contribution in [2.24, 2.45) is 0 Å². The van der Waals surface area contributed by atoms with Crippen molar-refractivity contribution < 1.29 is 17.9 Å². The third-order valence-corrected chi connectivity index (χ3v) is 6.60. The van der Waals surface area contributed by atoms with Crippen LogP contribution in [-0.2, 0) is 21.2 Å². The summed E-state index contributed by atoms with van der Waals surface area (Å²) in [5.74, 6) is 0.333. The molecule has 0 aliphatic rings. The van der Waals surface area contributed by atoms with Gasteiger partial charge in [-0.05, 0) is 55.3 Å². The molecule has 0 atom stereocenters. The van der Waals surface area contributed by atoms with E-state index in [0.29, 0.717) is 27.3 Å². The Hall–Kier alpha value is -2.42. The van der Waals surface area contributed by atoms with Gasteiger partial charge in [0, 0.05) is 18.6 Å². The molecule has 0 N–H and O–H groups in total. The maximum Gasteiger partial charge on any atom is 0.230 e. The third kappa shape index (κ3) is 5.00. The lowest BCUT2D eigenvalue weighted by Crippen LogP contribution is -2.24. The van der Waals surface area contributed by atoms with Crippen molar-refractivity contribution >= 4 is 49.5 Å². The van der Waals surface area contributed by atoms with E-state index in [9.17, 15) is 13.2 Å². The molecule has 0 radical (unpaired) electrons. The number of thiazole rings is 1. The van der Waals surface area contributed by atoms with E-state index in [-0.39, 0.29) is 17.4 Å². The third-order valence-electron chi connectivity index (χ3n) is 4.31. The Morgan fingerprint density at radius 2 is 1.87 bits per heavy atom. The molecular formula is C21H21ClN2O4S2. The predicted octanol–water partition coefficient (Wildman–Crippen LogP) is 5.08. The number of halogens is 1. The number of ether oxygens (including phenoxy) is 1. The van der Waals surface area contributed by atoms with Gasteiger partial charge in [0.1, 0.15) is 12.4 Å². The van der Waals surface area contributed by atoms with Crippen LogP contribution in [0.25, 0.3) is 0 Å². The van der Waals surface area contributed by atoms with Crippen molar-refractivity contribution in [1.82, 2.24) is 4.98 Å². The summed E-state index contributed by atoms with van der Waals surface area (Å²) in [5.41, 5.74) is 3.16. The summed E-state index contributed by atoms with van der Waals surface area (Å²) >= 11 is 7.75. The standard InChI is InChI=1S/C21H21ClN2O4S2/c1-13-9-14(2)20(19(22)10-13)24(15(3)25)21-23-16(12-29-21)11-28-17-5-7-18(8-6-17)30(4,26)27/h5-10,12H,11H2,1-4H3.